The van der Waals surface area contributed by atoms with Gasteiger partial charge in [-0.3, -0.25) is 0 Å². The molecule has 0 saturated heterocycles. The zero-order chi connectivity index (χ0) is 17.6. The van der Waals surface area contributed by atoms with Crippen LogP contribution in [0.25, 0.3) is 0 Å². The first-order valence-electron chi connectivity index (χ1n) is 7.74. The van der Waals surface area contributed by atoms with Gasteiger partial charge in [-0.05, 0) is 42.0 Å². The first kappa shape index (κ1) is 17.5. The number of aliphatic hydroxyl groups excluding tert-OH is 1. The first-order chi connectivity index (χ1) is 12.1. The second-order valence-corrected chi connectivity index (χ2v) is 7.07. The number of rotatable bonds is 5. The van der Waals surface area contributed by atoms with E-state index >= 15 is 0 Å². The van der Waals surface area contributed by atoms with E-state index in [1.165, 1.54) is 11.3 Å². The van der Waals surface area contributed by atoms with E-state index in [4.69, 9.17) is 11.6 Å². The molecule has 128 valence electrons. The normalized spacial score (nSPS) is 11.8. The van der Waals surface area contributed by atoms with Crippen LogP contribution < -0.4 is 10.6 Å². The highest BCUT2D eigenvalue weighted by Crippen LogP contribution is 2.28. The molecule has 1 aromatic heterocycles. The molecule has 1 atom stereocenters. The third-order valence-corrected chi connectivity index (χ3v) is 4.98. The summed E-state index contributed by atoms with van der Waals surface area (Å²) in [6, 6.07) is 19.9. The Hall–Kier alpha value is -2.34. The van der Waals surface area contributed by atoms with Crippen LogP contribution in [-0.4, -0.2) is 11.1 Å². The second kappa shape index (κ2) is 8.16. The molecule has 3 rings (SSSR count). The molecule has 2 amide bonds. The van der Waals surface area contributed by atoms with E-state index in [1.807, 2.05) is 42.5 Å². The van der Waals surface area contributed by atoms with Gasteiger partial charge in [-0.25, -0.2) is 4.79 Å². The number of anilines is 1. The van der Waals surface area contributed by atoms with Crippen molar-refractivity contribution in [1.29, 1.82) is 0 Å². The van der Waals surface area contributed by atoms with Crippen LogP contribution in [0.3, 0.4) is 0 Å². The summed E-state index contributed by atoms with van der Waals surface area (Å²) < 4.78 is 0. The highest BCUT2D eigenvalue weighted by atomic mass is 35.5. The molecule has 0 aliphatic carbocycles. The Morgan fingerprint density at radius 2 is 1.76 bits per heavy atom. The Bertz CT molecular complexity index is 834. The van der Waals surface area contributed by atoms with Crippen molar-refractivity contribution in [2.24, 2.45) is 0 Å². The lowest BCUT2D eigenvalue weighted by molar-refractivity contribution is 0.224. The molecule has 0 spiro atoms. The molecule has 0 radical (unpaired) electrons. The Balaban J connectivity index is 1.54. The summed E-state index contributed by atoms with van der Waals surface area (Å²) in [7, 11) is 0. The molecule has 3 N–H and O–H groups in total. The molecule has 1 heterocycles. The molecule has 0 aliphatic heterocycles. The first-order valence-corrected chi connectivity index (χ1v) is 8.93. The number of urea groups is 1. The monoisotopic (exact) mass is 372 g/mol. The van der Waals surface area contributed by atoms with E-state index < -0.39 is 6.10 Å². The highest BCUT2D eigenvalue weighted by molar-refractivity contribution is 7.12. The summed E-state index contributed by atoms with van der Waals surface area (Å²) in [6.45, 7) is 0.394. The van der Waals surface area contributed by atoms with E-state index in [0.717, 1.165) is 15.3 Å². The van der Waals surface area contributed by atoms with E-state index in [9.17, 15) is 9.90 Å². The van der Waals surface area contributed by atoms with E-state index in [1.54, 1.807) is 24.3 Å². The number of nitrogens with one attached hydrogen (secondary N) is 2. The van der Waals surface area contributed by atoms with E-state index in [-0.39, 0.29) is 6.03 Å². The molecule has 3 aromatic rings. The summed E-state index contributed by atoms with van der Waals surface area (Å²) in [6.07, 6.45) is -0.650. The SMILES string of the molecule is O=C(NCc1ccc(C(O)c2ccccc2)s1)Nc1ccc(Cl)cc1. The highest BCUT2D eigenvalue weighted by Gasteiger charge is 2.13. The lowest BCUT2D eigenvalue weighted by atomic mass is 10.1. The maximum atomic E-state index is 11.9. The van der Waals surface area contributed by atoms with Gasteiger partial charge in [0.1, 0.15) is 6.10 Å². The van der Waals surface area contributed by atoms with Crippen LogP contribution in [0.2, 0.25) is 5.02 Å². The Kier molecular flexibility index (Phi) is 5.71. The number of benzene rings is 2. The van der Waals surface area contributed by atoms with Gasteiger partial charge in [0.15, 0.2) is 0 Å². The molecule has 2 aromatic carbocycles. The van der Waals surface area contributed by atoms with Crippen LogP contribution >= 0.6 is 22.9 Å². The number of thiophene rings is 1. The molecule has 4 nitrogen and oxygen atoms in total. The molecule has 0 aliphatic rings. The van der Waals surface area contributed by atoms with Crippen molar-refractivity contribution >= 4 is 34.7 Å². The van der Waals surface area contributed by atoms with Crippen molar-refractivity contribution in [3.05, 3.63) is 87.1 Å². The van der Waals surface area contributed by atoms with Crippen LogP contribution in [0, 0.1) is 0 Å². The van der Waals surface area contributed by atoms with Gasteiger partial charge in [-0.15, -0.1) is 11.3 Å². The van der Waals surface area contributed by atoms with E-state index in [0.29, 0.717) is 17.3 Å². The Labute approximate surface area is 155 Å². The quantitative estimate of drug-likeness (QED) is 0.602. The van der Waals surface area contributed by atoms with Crippen LogP contribution in [0.4, 0.5) is 10.5 Å². The minimum Gasteiger partial charge on any atom is -0.383 e. The standard InChI is InChI=1S/C19H17ClN2O2S/c20-14-6-8-15(9-7-14)22-19(24)21-12-16-10-11-17(25-16)18(23)13-4-2-1-3-5-13/h1-11,18,23H,12H2,(H2,21,22,24). The fraction of sp³-hybridized carbons (Fsp3) is 0.105. The maximum Gasteiger partial charge on any atom is 0.319 e. The fourth-order valence-electron chi connectivity index (χ4n) is 2.31. The minimum atomic E-state index is -0.650. The van der Waals surface area contributed by atoms with Gasteiger partial charge in [0.25, 0.3) is 0 Å². The summed E-state index contributed by atoms with van der Waals surface area (Å²) in [5.41, 5.74) is 1.53. The summed E-state index contributed by atoms with van der Waals surface area (Å²) >= 11 is 7.29. The van der Waals surface area contributed by atoms with Gasteiger partial charge in [-0.2, -0.15) is 0 Å². The van der Waals surface area contributed by atoms with Crippen LogP contribution in [0.15, 0.2) is 66.7 Å². The van der Waals surface area contributed by atoms with Crippen LogP contribution in [0.5, 0.6) is 0 Å². The molecular weight excluding hydrogens is 356 g/mol. The van der Waals surface area contributed by atoms with Gasteiger partial charge in [0.2, 0.25) is 0 Å². The molecule has 0 fully saturated rings. The van der Waals surface area contributed by atoms with Crippen molar-refractivity contribution in [2.45, 2.75) is 12.6 Å². The zero-order valence-corrected chi connectivity index (χ0v) is 14.8. The van der Waals surface area contributed by atoms with Crippen molar-refractivity contribution in [3.63, 3.8) is 0 Å². The number of hydrogen-bond donors (Lipinski definition) is 3. The van der Waals surface area contributed by atoms with Gasteiger partial charge in [0.05, 0.1) is 6.54 Å². The minimum absolute atomic E-state index is 0.291. The van der Waals surface area contributed by atoms with Crippen LogP contribution in [0.1, 0.15) is 21.4 Å². The molecule has 25 heavy (non-hydrogen) atoms. The molecule has 0 bridgehead atoms. The molecule has 6 heteroatoms. The predicted octanol–water partition coefficient (Wildman–Crippen LogP) is 4.80. The van der Waals surface area contributed by atoms with Gasteiger partial charge >= 0.3 is 6.03 Å². The van der Waals surface area contributed by atoms with Crippen molar-refractivity contribution < 1.29 is 9.90 Å². The average Bonchev–Trinajstić information content (AvgIpc) is 3.11. The Morgan fingerprint density at radius 1 is 1.04 bits per heavy atom. The fourth-order valence-corrected chi connectivity index (χ4v) is 3.40. The predicted molar refractivity (Wildman–Crippen MR) is 102 cm³/mol. The average molecular weight is 373 g/mol. The third-order valence-electron chi connectivity index (χ3n) is 3.59. The molecule has 0 saturated carbocycles. The number of carbonyl (C=O) groups is 1. The maximum absolute atomic E-state index is 11.9. The summed E-state index contributed by atoms with van der Waals surface area (Å²) in [4.78, 5) is 13.7. The van der Waals surface area contributed by atoms with E-state index in [2.05, 4.69) is 10.6 Å². The zero-order valence-electron chi connectivity index (χ0n) is 13.3. The second-order valence-electron chi connectivity index (χ2n) is 5.43. The molecular formula is C19H17ClN2O2S. The summed E-state index contributed by atoms with van der Waals surface area (Å²) in [5.74, 6) is 0. The Morgan fingerprint density at radius 3 is 2.48 bits per heavy atom. The largest absolute Gasteiger partial charge is 0.383 e. The molecule has 1 unspecified atom stereocenters. The lowest BCUT2D eigenvalue weighted by Crippen LogP contribution is -2.27. The number of halogens is 1. The summed E-state index contributed by atoms with van der Waals surface area (Å²) in [5, 5.41) is 16.6. The lowest BCUT2D eigenvalue weighted by Gasteiger charge is -2.08. The van der Waals surface area contributed by atoms with Crippen LogP contribution in [-0.2, 0) is 6.54 Å². The third kappa shape index (κ3) is 4.82. The van der Waals surface area contributed by atoms with Gasteiger partial charge in [0, 0.05) is 20.5 Å². The van der Waals surface area contributed by atoms with Gasteiger partial charge < -0.3 is 15.7 Å². The topological polar surface area (TPSA) is 61.4 Å². The number of carbonyl (C=O) groups excluding carboxylic acids is 1. The van der Waals surface area contributed by atoms with Crippen molar-refractivity contribution in [3.8, 4) is 0 Å². The number of hydrogen-bond acceptors (Lipinski definition) is 3. The van der Waals surface area contributed by atoms with Gasteiger partial charge in [-0.1, -0.05) is 41.9 Å². The smallest absolute Gasteiger partial charge is 0.319 e. The van der Waals surface area contributed by atoms with Crippen molar-refractivity contribution in [2.75, 3.05) is 5.32 Å². The van der Waals surface area contributed by atoms with Crippen molar-refractivity contribution in [1.82, 2.24) is 5.32 Å². The number of aliphatic hydroxyl groups is 1. The number of amides is 2.